The van der Waals surface area contributed by atoms with Gasteiger partial charge in [0.25, 0.3) is 0 Å². The molecule has 0 spiro atoms. The number of phenolic OH excluding ortho intramolecular Hbond substituents is 1. The number of aromatic hydroxyl groups is 1. The third kappa shape index (κ3) is 2.85. The maximum absolute atomic E-state index is 11.8. The van der Waals surface area contributed by atoms with Crippen molar-refractivity contribution >= 4 is 11.9 Å². The molecular weight excluding hydrogens is 228 g/mol. The number of nitrogens with zero attached hydrogens (tertiary/aromatic N) is 2. The SMILES string of the molecule is CCn1cc(C(=O)C=Cc2ccc(O)cc2)cn1. The fraction of sp³-hybridized carbons (Fsp3) is 0.143. The van der Waals surface area contributed by atoms with E-state index in [9.17, 15) is 4.79 Å². The van der Waals surface area contributed by atoms with Gasteiger partial charge in [0.1, 0.15) is 5.75 Å². The molecule has 0 saturated carbocycles. The molecule has 0 atom stereocenters. The number of ketones is 1. The molecule has 0 aliphatic carbocycles. The second-order valence-corrected chi connectivity index (χ2v) is 3.87. The topological polar surface area (TPSA) is 55.1 Å². The average Bonchev–Trinajstić information content (AvgIpc) is 2.86. The van der Waals surface area contributed by atoms with E-state index in [1.165, 1.54) is 6.08 Å². The summed E-state index contributed by atoms with van der Waals surface area (Å²) in [6.07, 6.45) is 6.50. The zero-order valence-electron chi connectivity index (χ0n) is 10.1. The lowest BCUT2D eigenvalue weighted by molar-refractivity contribution is 0.104. The van der Waals surface area contributed by atoms with Gasteiger partial charge in [-0.1, -0.05) is 18.2 Å². The first kappa shape index (κ1) is 12.1. The highest BCUT2D eigenvalue weighted by Crippen LogP contribution is 2.11. The lowest BCUT2D eigenvalue weighted by Crippen LogP contribution is -1.94. The molecule has 0 amide bonds. The average molecular weight is 242 g/mol. The Morgan fingerprint density at radius 2 is 2.11 bits per heavy atom. The second-order valence-electron chi connectivity index (χ2n) is 3.87. The Bertz CT molecular complexity index is 568. The Kier molecular flexibility index (Phi) is 3.57. The van der Waals surface area contributed by atoms with Crippen LogP contribution < -0.4 is 0 Å². The molecule has 2 aromatic rings. The molecular formula is C14H14N2O2. The number of rotatable bonds is 4. The molecule has 0 fully saturated rings. The molecule has 18 heavy (non-hydrogen) atoms. The van der Waals surface area contributed by atoms with Crippen LogP contribution in [0, 0.1) is 0 Å². The summed E-state index contributed by atoms with van der Waals surface area (Å²) in [6.45, 7) is 2.71. The third-order valence-electron chi connectivity index (χ3n) is 2.56. The van der Waals surface area contributed by atoms with Crippen LogP contribution in [0.25, 0.3) is 6.08 Å². The maximum atomic E-state index is 11.8. The largest absolute Gasteiger partial charge is 0.508 e. The van der Waals surface area contributed by atoms with Crippen LogP contribution in [-0.4, -0.2) is 20.7 Å². The molecule has 1 heterocycles. The monoisotopic (exact) mass is 242 g/mol. The van der Waals surface area contributed by atoms with Gasteiger partial charge in [-0.05, 0) is 30.7 Å². The number of aromatic nitrogens is 2. The fourth-order valence-corrected chi connectivity index (χ4v) is 1.52. The van der Waals surface area contributed by atoms with Crippen molar-refractivity contribution in [2.24, 2.45) is 0 Å². The van der Waals surface area contributed by atoms with Crippen LogP contribution in [0.3, 0.4) is 0 Å². The minimum absolute atomic E-state index is 0.0808. The molecule has 4 nitrogen and oxygen atoms in total. The fourth-order valence-electron chi connectivity index (χ4n) is 1.52. The van der Waals surface area contributed by atoms with Gasteiger partial charge < -0.3 is 5.11 Å². The summed E-state index contributed by atoms with van der Waals surface area (Å²) in [6, 6.07) is 6.65. The van der Waals surface area contributed by atoms with Crippen LogP contribution in [-0.2, 0) is 6.54 Å². The van der Waals surface area contributed by atoms with Gasteiger partial charge in [-0.3, -0.25) is 9.48 Å². The summed E-state index contributed by atoms with van der Waals surface area (Å²) >= 11 is 0. The van der Waals surface area contributed by atoms with Crippen LogP contribution in [0.5, 0.6) is 5.75 Å². The van der Waals surface area contributed by atoms with E-state index in [-0.39, 0.29) is 11.5 Å². The molecule has 4 heteroatoms. The van der Waals surface area contributed by atoms with E-state index in [1.807, 2.05) is 6.92 Å². The number of benzene rings is 1. The summed E-state index contributed by atoms with van der Waals surface area (Å²) in [5.74, 6) is 0.130. The highest BCUT2D eigenvalue weighted by molar-refractivity contribution is 6.06. The molecule has 1 aromatic carbocycles. The van der Waals surface area contributed by atoms with Crippen molar-refractivity contribution in [2.75, 3.05) is 0 Å². The summed E-state index contributed by atoms with van der Waals surface area (Å²) < 4.78 is 1.71. The van der Waals surface area contributed by atoms with Crippen molar-refractivity contribution in [3.63, 3.8) is 0 Å². The number of carbonyl (C=O) groups is 1. The summed E-state index contributed by atoms with van der Waals surface area (Å²) in [5, 5.41) is 13.2. The zero-order valence-corrected chi connectivity index (χ0v) is 10.1. The van der Waals surface area contributed by atoms with E-state index in [2.05, 4.69) is 5.10 Å². The van der Waals surface area contributed by atoms with Crippen LogP contribution in [0.1, 0.15) is 22.8 Å². The lowest BCUT2D eigenvalue weighted by Gasteiger charge is -1.94. The number of hydrogen-bond donors (Lipinski definition) is 1. The van der Waals surface area contributed by atoms with E-state index in [4.69, 9.17) is 5.11 Å². The summed E-state index contributed by atoms with van der Waals surface area (Å²) in [5.41, 5.74) is 1.44. The van der Waals surface area contributed by atoms with E-state index in [0.717, 1.165) is 12.1 Å². The van der Waals surface area contributed by atoms with Gasteiger partial charge in [0.15, 0.2) is 5.78 Å². The van der Waals surface area contributed by atoms with Gasteiger partial charge in [-0.2, -0.15) is 5.10 Å². The van der Waals surface area contributed by atoms with Crippen molar-refractivity contribution in [3.05, 3.63) is 53.9 Å². The van der Waals surface area contributed by atoms with E-state index in [0.29, 0.717) is 5.56 Å². The van der Waals surface area contributed by atoms with Crippen molar-refractivity contribution in [1.29, 1.82) is 0 Å². The second kappa shape index (κ2) is 5.31. The molecule has 0 radical (unpaired) electrons. The number of phenols is 1. The van der Waals surface area contributed by atoms with E-state index >= 15 is 0 Å². The summed E-state index contributed by atoms with van der Waals surface area (Å²) in [7, 11) is 0. The minimum Gasteiger partial charge on any atom is -0.508 e. The van der Waals surface area contributed by atoms with Crippen molar-refractivity contribution in [3.8, 4) is 5.75 Å². The first-order valence-corrected chi connectivity index (χ1v) is 5.73. The molecule has 0 bridgehead atoms. The first-order valence-electron chi connectivity index (χ1n) is 5.73. The van der Waals surface area contributed by atoms with Crippen molar-refractivity contribution in [1.82, 2.24) is 9.78 Å². The smallest absolute Gasteiger partial charge is 0.189 e. The Balaban J connectivity index is 2.09. The van der Waals surface area contributed by atoms with E-state index < -0.39 is 0 Å². The molecule has 2 rings (SSSR count). The predicted octanol–water partition coefficient (Wildman–Crippen LogP) is 2.50. The minimum atomic E-state index is -0.0808. The first-order chi connectivity index (χ1) is 8.69. The molecule has 0 aliphatic heterocycles. The number of aryl methyl sites for hydroxylation is 1. The molecule has 1 N–H and O–H groups in total. The highest BCUT2D eigenvalue weighted by atomic mass is 16.3. The third-order valence-corrected chi connectivity index (χ3v) is 2.56. The Labute approximate surface area is 105 Å². The van der Waals surface area contributed by atoms with Gasteiger partial charge in [0.2, 0.25) is 0 Å². The molecule has 0 saturated heterocycles. The van der Waals surface area contributed by atoms with Gasteiger partial charge in [0.05, 0.1) is 11.8 Å². The Hall–Kier alpha value is -2.36. The van der Waals surface area contributed by atoms with E-state index in [1.54, 1.807) is 47.4 Å². The Morgan fingerprint density at radius 1 is 1.39 bits per heavy atom. The highest BCUT2D eigenvalue weighted by Gasteiger charge is 2.04. The number of hydrogen-bond acceptors (Lipinski definition) is 3. The van der Waals surface area contributed by atoms with Gasteiger partial charge in [0, 0.05) is 12.7 Å². The van der Waals surface area contributed by atoms with Gasteiger partial charge in [-0.15, -0.1) is 0 Å². The summed E-state index contributed by atoms with van der Waals surface area (Å²) in [4.78, 5) is 11.8. The molecule has 0 aliphatic rings. The quantitative estimate of drug-likeness (QED) is 0.662. The molecule has 0 unspecified atom stereocenters. The van der Waals surface area contributed by atoms with Gasteiger partial charge >= 0.3 is 0 Å². The van der Waals surface area contributed by atoms with Crippen LogP contribution in [0.15, 0.2) is 42.7 Å². The Morgan fingerprint density at radius 3 is 2.72 bits per heavy atom. The van der Waals surface area contributed by atoms with Crippen LogP contribution in [0.2, 0.25) is 0 Å². The maximum Gasteiger partial charge on any atom is 0.189 e. The van der Waals surface area contributed by atoms with Crippen LogP contribution in [0.4, 0.5) is 0 Å². The number of carbonyl (C=O) groups excluding carboxylic acids is 1. The lowest BCUT2D eigenvalue weighted by atomic mass is 10.1. The zero-order chi connectivity index (χ0) is 13.0. The normalized spacial score (nSPS) is 10.9. The van der Waals surface area contributed by atoms with Gasteiger partial charge in [-0.25, -0.2) is 0 Å². The standard InChI is InChI=1S/C14H14N2O2/c1-2-16-10-12(9-15-16)14(18)8-5-11-3-6-13(17)7-4-11/h3-10,17H,2H2,1H3. The van der Waals surface area contributed by atoms with Crippen molar-refractivity contribution < 1.29 is 9.90 Å². The molecule has 92 valence electrons. The van der Waals surface area contributed by atoms with Crippen LogP contribution >= 0.6 is 0 Å². The predicted molar refractivity (Wildman–Crippen MR) is 69.4 cm³/mol. The number of allylic oxidation sites excluding steroid dienone is 1. The molecule has 1 aromatic heterocycles. The van der Waals surface area contributed by atoms with Crippen molar-refractivity contribution in [2.45, 2.75) is 13.5 Å².